The van der Waals surface area contributed by atoms with Gasteiger partial charge in [0.2, 0.25) is 0 Å². The molecule has 0 N–H and O–H groups in total. The average molecular weight is 308 g/mol. The maximum absolute atomic E-state index is 12.2. The van der Waals surface area contributed by atoms with Crippen LogP contribution >= 0.6 is 11.8 Å². The van der Waals surface area contributed by atoms with Gasteiger partial charge in [-0.3, -0.25) is 9.59 Å². The number of hydrogen-bond acceptors (Lipinski definition) is 6. The summed E-state index contributed by atoms with van der Waals surface area (Å²) in [5.41, 5.74) is 1.53. The Morgan fingerprint density at radius 1 is 1.43 bits per heavy atom. The first-order valence-electron chi connectivity index (χ1n) is 7.11. The third-order valence-electron chi connectivity index (χ3n) is 4.16. The molecule has 1 saturated heterocycles. The maximum atomic E-state index is 12.2. The van der Waals surface area contributed by atoms with Crippen LogP contribution in [0.5, 0.6) is 0 Å². The van der Waals surface area contributed by atoms with Crippen molar-refractivity contribution < 1.29 is 14.3 Å². The number of methoxy groups -OCH3 is 1. The number of nitriles is 1. The van der Waals surface area contributed by atoms with Crippen molar-refractivity contribution in [1.29, 1.82) is 5.26 Å². The Morgan fingerprint density at radius 2 is 2.05 bits per heavy atom. The molecule has 2 atom stereocenters. The van der Waals surface area contributed by atoms with Crippen molar-refractivity contribution in [1.82, 2.24) is 4.90 Å². The van der Waals surface area contributed by atoms with Crippen LogP contribution in [0.25, 0.3) is 0 Å². The number of carbonyl (C=O) groups excluding carboxylic acids is 2. The summed E-state index contributed by atoms with van der Waals surface area (Å²) in [7, 11) is 1.28. The van der Waals surface area contributed by atoms with E-state index in [1.165, 1.54) is 25.8 Å². The number of likely N-dealkylation sites (tertiary alicyclic amines) is 1. The molecule has 2 aliphatic heterocycles. The smallest absolute Gasteiger partial charge is 0.329 e. The van der Waals surface area contributed by atoms with E-state index in [0.29, 0.717) is 5.57 Å². The molecule has 5 nitrogen and oxygen atoms in total. The summed E-state index contributed by atoms with van der Waals surface area (Å²) in [5.74, 6) is -0.806. The van der Waals surface area contributed by atoms with Gasteiger partial charge in [-0.25, -0.2) is 0 Å². The van der Waals surface area contributed by atoms with Crippen molar-refractivity contribution >= 4 is 23.5 Å². The Hall–Kier alpha value is -1.48. The van der Waals surface area contributed by atoms with Crippen molar-refractivity contribution in [3.63, 3.8) is 0 Å². The zero-order chi connectivity index (χ0) is 15.6. The van der Waals surface area contributed by atoms with Gasteiger partial charge in [0.15, 0.2) is 10.5 Å². The lowest BCUT2D eigenvalue weighted by Crippen LogP contribution is -2.48. The highest BCUT2D eigenvalue weighted by molar-refractivity contribution is 8.03. The van der Waals surface area contributed by atoms with Gasteiger partial charge in [-0.2, -0.15) is 5.26 Å². The van der Waals surface area contributed by atoms with Gasteiger partial charge in [-0.05, 0) is 26.7 Å². The van der Waals surface area contributed by atoms with Gasteiger partial charge in [-0.15, -0.1) is 11.8 Å². The zero-order valence-corrected chi connectivity index (χ0v) is 13.5. The van der Waals surface area contributed by atoms with Gasteiger partial charge in [-0.1, -0.05) is 0 Å². The number of rotatable bonds is 3. The quantitative estimate of drug-likeness (QED) is 0.586. The molecule has 21 heavy (non-hydrogen) atoms. The molecule has 1 fully saturated rings. The van der Waals surface area contributed by atoms with Crippen LogP contribution in [0.4, 0.5) is 0 Å². The first-order valence-corrected chi connectivity index (χ1v) is 7.99. The normalized spacial score (nSPS) is 29.2. The molecule has 2 aliphatic rings. The number of carbonyl (C=O) groups is 2. The van der Waals surface area contributed by atoms with Crippen LogP contribution < -0.4 is 0 Å². The van der Waals surface area contributed by atoms with E-state index in [0.717, 1.165) is 31.6 Å². The fourth-order valence-electron chi connectivity index (χ4n) is 3.12. The average Bonchev–Trinajstić information content (AvgIpc) is 2.98. The predicted molar refractivity (Wildman–Crippen MR) is 80.5 cm³/mol. The van der Waals surface area contributed by atoms with Gasteiger partial charge in [0.05, 0.1) is 18.8 Å². The van der Waals surface area contributed by atoms with E-state index in [4.69, 9.17) is 4.74 Å². The van der Waals surface area contributed by atoms with Crippen LogP contribution in [0.1, 0.15) is 33.1 Å². The number of esters is 1. The Bertz CT molecular complexity index is 532. The molecule has 114 valence electrons. The molecule has 0 spiro atoms. The standard InChI is InChI=1S/C15H20N2O3S/c1-10-13(17-6-4-5-7-17)12(9-16)8-15(21-10,11(2)18)14(19)20-3/h10H,4-8H2,1-3H3. The number of ether oxygens (including phenoxy) is 1. The summed E-state index contributed by atoms with van der Waals surface area (Å²) in [4.78, 5) is 26.5. The molecule has 2 heterocycles. The lowest BCUT2D eigenvalue weighted by atomic mass is 9.92. The number of hydrogen-bond donors (Lipinski definition) is 0. The summed E-state index contributed by atoms with van der Waals surface area (Å²) in [6.07, 6.45) is 2.37. The van der Waals surface area contributed by atoms with E-state index < -0.39 is 10.7 Å². The second-order valence-electron chi connectivity index (χ2n) is 5.48. The van der Waals surface area contributed by atoms with Crippen molar-refractivity contribution in [2.24, 2.45) is 0 Å². The maximum Gasteiger partial charge on any atom is 0.329 e. The van der Waals surface area contributed by atoms with Crippen LogP contribution in [0, 0.1) is 11.3 Å². The first-order chi connectivity index (χ1) is 9.96. The van der Waals surface area contributed by atoms with Gasteiger partial charge < -0.3 is 9.64 Å². The molecule has 0 saturated carbocycles. The fourth-order valence-corrected chi connectivity index (χ4v) is 4.70. The Kier molecular flexibility index (Phi) is 4.62. The molecule has 6 heteroatoms. The molecule has 0 bridgehead atoms. The minimum absolute atomic E-state index is 0.0745. The summed E-state index contributed by atoms with van der Waals surface area (Å²) in [6, 6.07) is 2.21. The van der Waals surface area contributed by atoms with Crippen LogP contribution in [0.2, 0.25) is 0 Å². The molecule has 0 aromatic rings. The molecule has 0 aliphatic carbocycles. The van der Waals surface area contributed by atoms with Crippen molar-refractivity contribution in [3.05, 3.63) is 11.3 Å². The second kappa shape index (κ2) is 6.10. The highest BCUT2D eigenvalue weighted by Crippen LogP contribution is 2.46. The van der Waals surface area contributed by atoms with Crippen LogP contribution in [-0.4, -0.2) is 46.8 Å². The first kappa shape index (κ1) is 15.9. The van der Waals surface area contributed by atoms with E-state index in [-0.39, 0.29) is 17.5 Å². The highest BCUT2D eigenvalue weighted by atomic mass is 32.2. The largest absolute Gasteiger partial charge is 0.468 e. The summed E-state index contributed by atoms with van der Waals surface area (Å²) in [6.45, 7) is 5.23. The lowest BCUT2D eigenvalue weighted by Gasteiger charge is -2.39. The summed E-state index contributed by atoms with van der Waals surface area (Å²) >= 11 is 1.31. The SMILES string of the molecule is COC(=O)C1(C(C)=O)CC(C#N)=C(N2CCCC2)C(C)S1. The highest BCUT2D eigenvalue weighted by Gasteiger charge is 2.51. The van der Waals surface area contributed by atoms with Crippen LogP contribution in [0.15, 0.2) is 11.3 Å². The third-order valence-corrected chi connectivity index (χ3v) is 5.74. The van der Waals surface area contributed by atoms with E-state index in [9.17, 15) is 14.9 Å². The molecular formula is C15H20N2O3S. The van der Waals surface area contributed by atoms with E-state index >= 15 is 0 Å². The van der Waals surface area contributed by atoms with Crippen molar-refractivity contribution in [2.75, 3.05) is 20.2 Å². The lowest BCUT2D eigenvalue weighted by molar-refractivity contribution is -0.146. The van der Waals surface area contributed by atoms with E-state index in [1.54, 1.807) is 0 Å². The van der Waals surface area contributed by atoms with Gasteiger partial charge in [0.1, 0.15) is 0 Å². The number of allylic oxidation sites excluding steroid dienone is 1. The number of Topliss-reactive ketones (excluding diaryl/α,β-unsaturated/α-hetero) is 1. The third kappa shape index (κ3) is 2.67. The van der Waals surface area contributed by atoms with Crippen LogP contribution in [0.3, 0.4) is 0 Å². The van der Waals surface area contributed by atoms with Gasteiger partial charge in [0, 0.05) is 30.5 Å². The summed E-state index contributed by atoms with van der Waals surface area (Å²) in [5, 5.41) is 9.43. The number of nitrogens with zero attached hydrogens (tertiary/aromatic N) is 2. The predicted octanol–water partition coefficient (Wildman–Crippen LogP) is 1.89. The topological polar surface area (TPSA) is 70.4 Å². The second-order valence-corrected chi connectivity index (χ2v) is 7.12. The molecule has 0 aromatic heterocycles. The van der Waals surface area contributed by atoms with Crippen molar-refractivity contribution in [2.45, 2.75) is 43.1 Å². The van der Waals surface area contributed by atoms with Crippen molar-refractivity contribution in [3.8, 4) is 6.07 Å². The van der Waals surface area contributed by atoms with Gasteiger partial charge in [0.25, 0.3) is 0 Å². The molecular weight excluding hydrogens is 288 g/mol. The molecule has 0 radical (unpaired) electrons. The fraction of sp³-hybridized carbons (Fsp3) is 0.667. The number of ketones is 1. The molecule has 2 unspecified atom stereocenters. The monoisotopic (exact) mass is 308 g/mol. The Labute approximate surface area is 129 Å². The minimum Gasteiger partial charge on any atom is -0.468 e. The Morgan fingerprint density at radius 3 is 2.52 bits per heavy atom. The van der Waals surface area contributed by atoms with Gasteiger partial charge >= 0.3 is 5.97 Å². The number of thioether (sulfide) groups is 1. The minimum atomic E-state index is -1.28. The zero-order valence-electron chi connectivity index (χ0n) is 12.6. The molecule has 0 amide bonds. The summed E-state index contributed by atoms with van der Waals surface area (Å²) < 4.78 is 3.55. The van der Waals surface area contributed by atoms with E-state index in [2.05, 4.69) is 11.0 Å². The molecule has 0 aromatic carbocycles. The molecule has 2 rings (SSSR count). The van der Waals surface area contributed by atoms with E-state index in [1.807, 2.05) is 6.92 Å². The Balaban J connectivity index is 2.44. The van der Waals surface area contributed by atoms with Crippen LogP contribution in [-0.2, 0) is 14.3 Å².